The zero-order chi connectivity index (χ0) is 14.6. The first kappa shape index (κ1) is 17.4. The lowest BCUT2D eigenvalue weighted by Crippen LogP contribution is -2.54. The van der Waals surface area contributed by atoms with Crippen LogP contribution >= 0.6 is 0 Å². The fraction of sp³-hybridized carbons (Fsp3) is 0.929. The highest BCUT2D eigenvalue weighted by molar-refractivity contribution is 5.80. The molecule has 0 aliphatic carbocycles. The second kappa shape index (κ2) is 6.53. The highest BCUT2D eigenvalue weighted by Crippen LogP contribution is 2.23. The molecule has 0 aromatic rings. The average molecular weight is 258 g/mol. The van der Waals surface area contributed by atoms with Gasteiger partial charge in [-0.05, 0) is 54.5 Å². The molecule has 0 aromatic carbocycles. The van der Waals surface area contributed by atoms with Crippen LogP contribution in [0.2, 0.25) is 0 Å². The van der Waals surface area contributed by atoms with Crippen LogP contribution in [0.3, 0.4) is 0 Å². The van der Waals surface area contributed by atoms with Crippen molar-refractivity contribution in [2.24, 2.45) is 5.73 Å². The SMILES string of the molecule is CCOC(=O)C(C)(N)CC(C)N(C)C(C)(C)CC. The summed E-state index contributed by atoms with van der Waals surface area (Å²) < 4.78 is 5.02. The standard InChI is InChI=1S/C14H30N2O2/c1-8-13(4,5)16(7)11(3)10-14(6,15)12(17)18-9-2/h11H,8-10,15H2,1-7H3. The van der Waals surface area contributed by atoms with Gasteiger partial charge in [0.2, 0.25) is 0 Å². The maximum atomic E-state index is 11.8. The molecular formula is C14H30N2O2. The van der Waals surface area contributed by atoms with E-state index in [1.165, 1.54) is 0 Å². The number of esters is 1. The second-order valence-electron chi connectivity index (χ2n) is 5.97. The number of ether oxygens (including phenoxy) is 1. The van der Waals surface area contributed by atoms with Gasteiger partial charge >= 0.3 is 5.97 Å². The van der Waals surface area contributed by atoms with Crippen LogP contribution in [0.25, 0.3) is 0 Å². The molecule has 0 fully saturated rings. The quantitative estimate of drug-likeness (QED) is 0.711. The summed E-state index contributed by atoms with van der Waals surface area (Å²) in [5.41, 5.74) is 5.25. The smallest absolute Gasteiger partial charge is 0.325 e. The van der Waals surface area contributed by atoms with E-state index in [0.29, 0.717) is 13.0 Å². The maximum Gasteiger partial charge on any atom is 0.325 e. The van der Waals surface area contributed by atoms with Crippen LogP contribution in [-0.4, -0.2) is 41.6 Å². The van der Waals surface area contributed by atoms with Crippen molar-refractivity contribution in [1.82, 2.24) is 4.90 Å². The molecule has 2 atom stereocenters. The summed E-state index contributed by atoms with van der Waals surface area (Å²) in [6.07, 6.45) is 1.64. The van der Waals surface area contributed by atoms with Crippen LogP contribution in [0.1, 0.15) is 54.4 Å². The Bertz CT molecular complexity index is 275. The highest BCUT2D eigenvalue weighted by Gasteiger charge is 2.35. The van der Waals surface area contributed by atoms with Gasteiger partial charge in [0.15, 0.2) is 0 Å². The molecule has 0 aliphatic heterocycles. The van der Waals surface area contributed by atoms with Gasteiger partial charge in [0.25, 0.3) is 0 Å². The molecule has 2 unspecified atom stereocenters. The van der Waals surface area contributed by atoms with Gasteiger partial charge in [0.05, 0.1) is 6.61 Å². The van der Waals surface area contributed by atoms with E-state index in [-0.39, 0.29) is 17.6 Å². The molecule has 4 nitrogen and oxygen atoms in total. The largest absolute Gasteiger partial charge is 0.465 e. The van der Waals surface area contributed by atoms with Crippen molar-refractivity contribution < 1.29 is 9.53 Å². The topological polar surface area (TPSA) is 55.6 Å². The Labute approximate surface area is 112 Å². The molecule has 4 heteroatoms. The third-order valence-electron chi connectivity index (χ3n) is 3.94. The lowest BCUT2D eigenvalue weighted by atomic mass is 9.90. The van der Waals surface area contributed by atoms with Gasteiger partial charge < -0.3 is 10.5 Å². The zero-order valence-corrected chi connectivity index (χ0v) is 13.0. The maximum absolute atomic E-state index is 11.8. The van der Waals surface area contributed by atoms with Crippen molar-refractivity contribution in [2.75, 3.05) is 13.7 Å². The third-order valence-corrected chi connectivity index (χ3v) is 3.94. The van der Waals surface area contributed by atoms with E-state index < -0.39 is 5.54 Å². The van der Waals surface area contributed by atoms with Gasteiger partial charge in [-0.25, -0.2) is 0 Å². The Kier molecular flexibility index (Phi) is 6.30. The molecule has 0 bridgehead atoms. The molecule has 18 heavy (non-hydrogen) atoms. The lowest BCUT2D eigenvalue weighted by molar-refractivity contribution is -0.149. The molecule has 0 radical (unpaired) electrons. The van der Waals surface area contributed by atoms with Crippen molar-refractivity contribution in [3.05, 3.63) is 0 Å². The Morgan fingerprint density at radius 2 is 1.83 bits per heavy atom. The predicted molar refractivity (Wildman–Crippen MR) is 75.4 cm³/mol. The van der Waals surface area contributed by atoms with Gasteiger partial charge in [-0.2, -0.15) is 0 Å². The van der Waals surface area contributed by atoms with E-state index in [1.807, 2.05) is 0 Å². The van der Waals surface area contributed by atoms with Crippen LogP contribution < -0.4 is 5.73 Å². The summed E-state index contributed by atoms with van der Waals surface area (Å²) in [7, 11) is 2.08. The predicted octanol–water partition coefficient (Wildman–Crippen LogP) is 2.17. The van der Waals surface area contributed by atoms with E-state index >= 15 is 0 Å². The molecule has 0 saturated carbocycles. The van der Waals surface area contributed by atoms with Crippen LogP contribution in [0.4, 0.5) is 0 Å². The van der Waals surface area contributed by atoms with Crippen LogP contribution in [-0.2, 0) is 9.53 Å². The first-order valence-electron chi connectivity index (χ1n) is 6.77. The van der Waals surface area contributed by atoms with Gasteiger partial charge in [-0.3, -0.25) is 9.69 Å². The Hall–Kier alpha value is -0.610. The lowest BCUT2D eigenvalue weighted by Gasteiger charge is -2.41. The Morgan fingerprint density at radius 3 is 2.22 bits per heavy atom. The Balaban J connectivity index is 4.64. The van der Waals surface area contributed by atoms with Crippen molar-refractivity contribution in [3.8, 4) is 0 Å². The second-order valence-corrected chi connectivity index (χ2v) is 5.97. The normalized spacial score (nSPS) is 17.4. The first-order valence-corrected chi connectivity index (χ1v) is 6.77. The number of nitrogens with two attached hydrogens (primary N) is 1. The molecule has 0 amide bonds. The molecule has 2 N–H and O–H groups in total. The molecule has 108 valence electrons. The van der Waals surface area contributed by atoms with Crippen LogP contribution in [0, 0.1) is 0 Å². The average Bonchev–Trinajstić information content (AvgIpc) is 2.27. The molecule has 0 heterocycles. The number of nitrogens with zero attached hydrogens (tertiary/aromatic N) is 1. The first-order chi connectivity index (χ1) is 8.08. The summed E-state index contributed by atoms with van der Waals surface area (Å²) >= 11 is 0. The van der Waals surface area contributed by atoms with E-state index in [9.17, 15) is 4.79 Å². The zero-order valence-electron chi connectivity index (χ0n) is 13.0. The minimum atomic E-state index is -0.923. The number of hydrogen-bond donors (Lipinski definition) is 1. The molecule has 0 saturated heterocycles. The number of carbonyl (C=O) groups excluding carboxylic acids is 1. The van der Waals surface area contributed by atoms with Crippen molar-refractivity contribution in [3.63, 3.8) is 0 Å². The monoisotopic (exact) mass is 258 g/mol. The molecular weight excluding hydrogens is 228 g/mol. The van der Waals surface area contributed by atoms with Crippen molar-refractivity contribution >= 4 is 5.97 Å². The molecule has 0 aromatic heterocycles. The highest BCUT2D eigenvalue weighted by atomic mass is 16.5. The summed E-state index contributed by atoms with van der Waals surface area (Å²) in [4.78, 5) is 14.1. The van der Waals surface area contributed by atoms with Gasteiger partial charge in [0.1, 0.15) is 5.54 Å². The van der Waals surface area contributed by atoms with Crippen molar-refractivity contribution in [1.29, 1.82) is 0 Å². The van der Waals surface area contributed by atoms with E-state index in [4.69, 9.17) is 10.5 Å². The van der Waals surface area contributed by atoms with Crippen LogP contribution in [0.15, 0.2) is 0 Å². The molecule has 0 aliphatic rings. The fourth-order valence-corrected chi connectivity index (χ4v) is 1.98. The Morgan fingerprint density at radius 1 is 1.33 bits per heavy atom. The van der Waals surface area contributed by atoms with Gasteiger partial charge in [0, 0.05) is 11.6 Å². The van der Waals surface area contributed by atoms with Gasteiger partial charge in [-0.1, -0.05) is 6.92 Å². The summed E-state index contributed by atoms with van der Waals surface area (Å²) in [5.74, 6) is -0.320. The molecule has 0 rings (SSSR count). The minimum absolute atomic E-state index is 0.101. The number of carbonyl (C=O) groups is 1. The minimum Gasteiger partial charge on any atom is -0.465 e. The summed E-state index contributed by atoms with van der Waals surface area (Å²) in [6.45, 7) is 12.6. The number of rotatable bonds is 7. The van der Waals surface area contributed by atoms with E-state index in [0.717, 1.165) is 6.42 Å². The number of hydrogen-bond acceptors (Lipinski definition) is 4. The van der Waals surface area contributed by atoms with E-state index in [1.54, 1.807) is 13.8 Å². The summed E-state index contributed by atoms with van der Waals surface area (Å²) in [5, 5.41) is 0. The van der Waals surface area contributed by atoms with Crippen LogP contribution in [0.5, 0.6) is 0 Å². The third kappa shape index (κ3) is 4.58. The van der Waals surface area contributed by atoms with Crippen molar-refractivity contribution in [2.45, 2.75) is 71.5 Å². The fourth-order valence-electron chi connectivity index (χ4n) is 1.98. The van der Waals surface area contributed by atoms with Gasteiger partial charge in [-0.15, -0.1) is 0 Å². The molecule has 0 spiro atoms. The van der Waals surface area contributed by atoms with E-state index in [2.05, 4.69) is 39.6 Å². The summed E-state index contributed by atoms with van der Waals surface area (Å²) in [6, 6.07) is 0.222.